The number of carbonyl (C=O) groups is 1. The molecule has 182 valence electrons. The van der Waals surface area contributed by atoms with Gasteiger partial charge in [0.25, 0.3) is 0 Å². The van der Waals surface area contributed by atoms with Gasteiger partial charge in [-0.1, -0.05) is 30.3 Å². The van der Waals surface area contributed by atoms with Gasteiger partial charge >= 0.3 is 0 Å². The molecule has 0 radical (unpaired) electrons. The predicted octanol–water partition coefficient (Wildman–Crippen LogP) is 4.03. The van der Waals surface area contributed by atoms with E-state index in [2.05, 4.69) is 50.0 Å². The van der Waals surface area contributed by atoms with Crippen molar-refractivity contribution in [3.8, 4) is 0 Å². The van der Waals surface area contributed by atoms with Gasteiger partial charge in [0.1, 0.15) is 17.5 Å². The Morgan fingerprint density at radius 2 is 1.71 bits per heavy atom. The van der Waals surface area contributed by atoms with E-state index in [1.165, 1.54) is 42.7 Å². The van der Waals surface area contributed by atoms with Crippen molar-refractivity contribution in [2.24, 2.45) is 0 Å². The fourth-order valence-corrected chi connectivity index (χ4v) is 5.01. The molecule has 1 aromatic heterocycles. The summed E-state index contributed by atoms with van der Waals surface area (Å²) in [5.41, 5.74) is 1.75. The number of aromatic nitrogens is 3. The third kappa shape index (κ3) is 5.65. The molecule has 2 aromatic carbocycles. The molecule has 2 aliphatic heterocycles. The number of halogens is 2. The number of carbonyl (C=O) groups excluding carboxylic acids is 1. The summed E-state index contributed by atoms with van der Waals surface area (Å²) >= 11 is 0. The molecule has 5 rings (SSSR count). The Hall–Kier alpha value is -3.39. The monoisotopic (exact) mass is 477 g/mol. The first-order chi connectivity index (χ1) is 17.0. The lowest BCUT2D eigenvalue weighted by Crippen LogP contribution is -2.38. The summed E-state index contributed by atoms with van der Waals surface area (Å²) in [5, 5.41) is 8.72. The second-order valence-corrected chi connectivity index (χ2v) is 9.26. The molecule has 8 heteroatoms. The van der Waals surface area contributed by atoms with Crippen molar-refractivity contribution in [2.45, 2.75) is 38.3 Å². The molecule has 0 aliphatic carbocycles. The van der Waals surface area contributed by atoms with E-state index in [-0.39, 0.29) is 5.91 Å². The topological polar surface area (TPSA) is 54.3 Å². The first-order valence-corrected chi connectivity index (χ1v) is 12.2. The SMILES string of the molecule is O=C(/C=C/c1cc(F)cc(F)c1)N1CCn2c(CCN3CCC(c4ccccc4)CC3)nnc2C1. The zero-order valence-corrected chi connectivity index (χ0v) is 19.6. The maximum absolute atomic E-state index is 13.4. The molecule has 1 fully saturated rings. The number of rotatable bonds is 6. The third-order valence-corrected chi connectivity index (χ3v) is 6.95. The molecule has 3 aromatic rings. The molecule has 3 heterocycles. The molecule has 0 saturated carbocycles. The van der Waals surface area contributed by atoms with Crippen LogP contribution in [-0.4, -0.2) is 56.7 Å². The van der Waals surface area contributed by atoms with E-state index >= 15 is 0 Å². The van der Waals surface area contributed by atoms with Gasteiger partial charge in [-0.05, 0) is 61.2 Å². The van der Waals surface area contributed by atoms with Gasteiger partial charge < -0.3 is 14.4 Å². The van der Waals surface area contributed by atoms with Crippen molar-refractivity contribution in [1.82, 2.24) is 24.6 Å². The number of hydrogen-bond donors (Lipinski definition) is 0. The first kappa shape index (κ1) is 23.4. The van der Waals surface area contributed by atoms with Crippen molar-refractivity contribution in [3.05, 3.63) is 89.0 Å². The number of fused-ring (bicyclic) bond motifs is 1. The maximum Gasteiger partial charge on any atom is 0.247 e. The fourth-order valence-electron chi connectivity index (χ4n) is 5.01. The van der Waals surface area contributed by atoms with E-state index in [1.807, 2.05) is 0 Å². The fraction of sp³-hybridized carbons (Fsp3) is 0.370. The van der Waals surface area contributed by atoms with Crippen LogP contribution in [0.25, 0.3) is 6.08 Å². The molecule has 1 saturated heterocycles. The smallest absolute Gasteiger partial charge is 0.247 e. The molecule has 6 nitrogen and oxygen atoms in total. The van der Waals surface area contributed by atoms with E-state index in [0.29, 0.717) is 31.1 Å². The summed E-state index contributed by atoms with van der Waals surface area (Å²) in [6.45, 7) is 4.68. The summed E-state index contributed by atoms with van der Waals surface area (Å²) in [7, 11) is 0. The Labute approximate surface area is 203 Å². The lowest BCUT2D eigenvalue weighted by molar-refractivity contribution is -0.127. The normalized spacial score (nSPS) is 17.1. The van der Waals surface area contributed by atoms with E-state index in [4.69, 9.17) is 0 Å². The summed E-state index contributed by atoms with van der Waals surface area (Å²) in [5.74, 6) is 0.820. The molecule has 0 unspecified atom stereocenters. The van der Waals surface area contributed by atoms with Crippen molar-refractivity contribution >= 4 is 12.0 Å². The number of nitrogens with zero attached hydrogens (tertiary/aromatic N) is 5. The van der Waals surface area contributed by atoms with Gasteiger partial charge in [-0.15, -0.1) is 10.2 Å². The summed E-state index contributed by atoms with van der Waals surface area (Å²) < 4.78 is 28.8. The third-order valence-electron chi connectivity index (χ3n) is 6.95. The Morgan fingerprint density at radius 1 is 0.971 bits per heavy atom. The van der Waals surface area contributed by atoms with Crippen LogP contribution in [0.15, 0.2) is 54.6 Å². The van der Waals surface area contributed by atoms with Crippen LogP contribution in [0.3, 0.4) is 0 Å². The van der Waals surface area contributed by atoms with Gasteiger partial charge in [0.15, 0.2) is 5.82 Å². The average Bonchev–Trinajstić information content (AvgIpc) is 3.28. The summed E-state index contributed by atoms with van der Waals surface area (Å²) in [6, 6.07) is 14.0. The molecule has 0 bridgehead atoms. The van der Waals surface area contributed by atoms with Crippen LogP contribution in [0.1, 0.15) is 41.5 Å². The molecular formula is C27H29F2N5O. The van der Waals surface area contributed by atoms with Gasteiger partial charge in [0.05, 0.1) is 6.54 Å². The van der Waals surface area contributed by atoms with E-state index in [1.54, 1.807) is 4.90 Å². The van der Waals surface area contributed by atoms with Crippen molar-refractivity contribution in [2.75, 3.05) is 26.2 Å². The van der Waals surface area contributed by atoms with Crippen LogP contribution < -0.4 is 0 Å². The van der Waals surface area contributed by atoms with Gasteiger partial charge in [0, 0.05) is 38.2 Å². The van der Waals surface area contributed by atoms with Crippen LogP contribution in [0.2, 0.25) is 0 Å². The number of amides is 1. The average molecular weight is 478 g/mol. The zero-order valence-electron chi connectivity index (χ0n) is 19.6. The summed E-state index contributed by atoms with van der Waals surface area (Å²) in [4.78, 5) is 16.8. The Balaban J connectivity index is 1.12. The highest BCUT2D eigenvalue weighted by Gasteiger charge is 2.25. The molecule has 2 aliphatic rings. The van der Waals surface area contributed by atoms with Gasteiger partial charge in [-0.2, -0.15) is 0 Å². The Kier molecular flexibility index (Phi) is 6.99. The highest BCUT2D eigenvalue weighted by molar-refractivity contribution is 5.91. The lowest BCUT2D eigenvalue weighted by atomic mass is 9.89. The Bertz CT molecular complexity index is 1180. The number of hydrogen-bond acceptors (Lipinski definition) is 4. The molecule has 35 heavy (non-hydrogen) atoms. The van der Waals surface area contributed by atoms with Crippen LogP contribution in [0.5, 0.6) is 0 Å². The second-order valence-electron chi connectivity index (χ2n) is 9.26. The van der Waals surface area contributed by atoms with Gasteiger partial charge in [-0.25, -0.2) is 8.78 Å². The number of benzene rings is 2. The Morgan fingerprint density at radius 3 is 2.46 bits per heavy atom. The minimum atomic E-state index is -0.670. The highest BCUT2D eigenvalue weighted by Crippen LogP contribution is 2.27. The second kappa shape index (κ2) is 10.5. The van der Waals surface area contributed by atoms with Gasteiger partial charge in [-0.3, -0.25) is 4.79 Å². The van der Waals surface area contributed by atoms with E-state index in [9.17, 15) is 13.6 Å². The van der Waals surface area contributed by atoms with Crippen molar-refractivity contribution in [3.63, 3.8) is 0 Å². The predicted molar refractivity (Wildman–Crippen MR) is 129 cm³/mol. The number of likely N-dealkylation sites (tertiary alicyclic amines) is 1. The lowest BCUT2D eigenvalue weighted by Gasteiger charge is -2.32. The first-order valence-electron chi connectivity index (χ1n) is 12.2. The minimum absolute atomic E-state index is 0.216. The van der Waals surface area contributed by atoms with Gasteiger partial charge in [0.2, 0.25) is 5.91 Å². The quantitative estimate of drug-likeness (QED) is 0.503. The van der Waals surface area contributed by atoms with Crippen LogP contribution >= 0.6 is 0 Å². The molecule has 0 N–H and O–H groups in total. The highest BCUT2D eigenvalue weighted by atomic mass is 19.1. The van der Waals surface area contributed by atoms with Crippen molar-refractivity contribution < 1.29 is 13.6 Å². The molecule has 0 spiro atoms. The molecular weight excluding hydrogens is 448 g/mol. The molecule has 1 amide bonds. The zero-order chi connectivity index (χ0) is 24.2. The van der Waals surface area contributed by atoms with Crippen LogP contribution in [-0.2, 0) is 24.3 Å². The van der Waals surface area contributed by atoms with Crippen LogP contribution in [0, 0.1) is 11.6 Å². The molecule has 0 atom stereocenters. The minimum Gasteiger partial charge on any atom is -0.330 e. The maximum atomic E-state index is 13.4. The van der Waals surface area contributed by atoms with Crippen molar-refractivity contribution in [1.29, 1.82) is 0 Å². The van der Waals surface area contributed by atoms with E-state index < -0.39 is 11.6 Å². The standard InChI is InChI=1S/C27H29F2N5O/c28-23-16-20(17-24(29)18-23)6-7-27(35)33-14-15-34-25(30-31-26(34)19-33)10-13-32-11-8-22(9-12-32)21-4-2-1-3-5-21/h1-7,16-18,22H,8-15,19H2/b7-6+. The number of piperidine rings is 1. The van der Waals surface area contributed by atoms with E-state index in [0.717, 1.165) is 43.8 Å². The van der Waals surface area contributed by atoms with Crippen LogP contribution in [0.4, 0.5) is 8.78 Å². The summed E-state index contributed by atoms with van der Waals surface area (Å²) in [6.07, 6.45) is 5.96. The largest absolute Gasteiger partial charge is 0.330 e.